The van der Waals surface area contributed by atoms with Crippen molar-refractivity contribution in [1.29, 1.82) is 0 Å². The molecule has 3 N–H and O–H groups in total. The van der Waals surface area contributed by atoms with Crippen LogP contribution in [0.25, 0.3) is 0 Å². The number of benzene rings is 1. The van der Waals surface area contributed by atoms with E-state index in [-0.39, 0.29) is 6.42 Å². The molecule has 120 valence electrons. The van der Waals surface area contributed by atoms with Gasteiger partial charge in [-0.2, -0.15) is 5.06 Å². The molecule has 0 aromatic heterocycles. The van der Waals surface area contributed by atoms with Gasteiger partial charge in [0.15, 0.2) is 0 Å². The second-order valence-electron chi connectivity index (χ2n) is 5.01. The third-order valence-corrected chi connectivity index (χ3v) is 3.38. The number of rotatable bonds is 5. The lowest BCUT2D eigenvalue weighted by atomic mass is 10.1. The van der Waals surface area contributed by atoms with Crippen molar-refractivity contribution in [2.24, 2.45) is 0 Å². The quantitative estimate of drug-likeness (QED) is 0.674. The zero-order chi connectivity index (χ0) is 15.9. The molecule has 0 bridgehead atoms. The van der Waals surface area contributed by atoms with E-state index < -0.39 is 18.1 Å². The van der Waals surface area contributed by atoms with Crippen LogP contribution in [0.1, 0.15) is 5.56 Å². The van der Waals surface area contributed by atoms with Crippen molar-refractivity contribution in [3.8, 4) is 0 Å². The molecule has 8 nitrogen and oxygen atoms in total. The van der Waals surface area contributed by atoms with Crippen LogP contribution >= 0.6 is 0 Å². The van der Waals surface area contributed by atoms with E-state index in [9.17, 15) is 19.9 Å². The Labute approximate surface area is 127 Å². The van der Waals surface area contributed by atoms with Crippen molar-refractivity contribution in [3.63, 3.8) is 0 Å². The predicted octanol–water partition coefficient (Wildman–Crippen LogP) is 0.330. The monoisotopic (exact) mass is 309 g/mol. The molecular weight excluding hydrogens is 290 g/mol. The molecule has 1 fully saturated rings. The molecule has 2 rings (SSSR count). The molecule has 0 saturated carbocycles. The molecule has 1 aromatic rings. The fraction of sp³-hybridized carbons (Fsp3) is 0.429. The Bertz CT molecular complexity index is 502. The highest BCUT2D eigenvalue weighted by atomic mass is 16.7. The SMILES string of the molecule is O=C(O)[C@H](Cc1ccccc1)NOC(=O)N1CCN(O)CC1. The highest BCUT2D eigenvalue weighted by Gasteiger charge is 2.24. The second-order valence-corrected chi connectivity index (χ2v) is 5.01. The summed E-state index contributed by atoms with van der Waals surface area (Å²) in [5, 5.41) is 19.5. The standard InChI is InChI=1S/C14H19N3O5/c18-13(19)12(10-11-4-2-1-3-5-11)15-22-14(20)16-6-8-17(21)9-7-16/h1-5,12,15,21H,6-10H2,(H,18,19)/t12-/m0/s1. The van der Waals surface area contributed by atoms with Gasteiger partial charge < -0.3 is 20.1 Å². The summed E-state index contributed by atoms with van der Waals surface area (Å²) in [4.78, 5) is 29.3. The van der Waals surface area contributed by atoms with Gasteiger partial charge in [-0.05, 0) is 5.56 Å². The van der Waals surface area contributed by atoms with Gasteiger partial charge in [0, 0.05) is 32.6 Å². The minimum atomic E-state index is -1.10. The Morgan fingerprint density at radius 1 is 1.18 bits per heavy atom. The number of piperazine rings is 1. The van der Waals surface area contributed by atoms with Crippen LogP contribution < -0.4 is 5.48 Å². The largest absolute Gasteiger partial charge is 0.480 e. The number of nitrogens with zero attached hydrogens (tertiary/aromatic N) is 2. The molecule has 1 saturated heterocycles. The molecule has 1 heterocycles. The molecule has 0 unspecified atom stereocenters. The van der Waals surface area contributed by atoms with Crippen LogP contribution in [0.15, 0.2) is 30.3 Å². The molecule has 0 radical (unpaired) electrons. The minimum absolute atomic E-state index is 0.202. The van der Waals surface area contributed by atoms with Gasteiger partial charge in [-0.25, -0.2) is 4.79 Å². The van der Waals surface area contributed by atoms with Crippen LogP contribution in [0.4, 0.5) is 4.79 Å². The molecule has 8 heteroatoms. The smallest absolute Gasteiger partial charge is 0.428 e. The Balaban J connectivity index is 1.84. The van der Waals surface area contributed by atoms with Gasteiger partial charge in [0.1, 0.15) is 6.04 Å². The van der Waals surface area contributed by atoms with Gasteiger partial charge >= 0.3 is 12.1 Å². The average Bonchev–Trinajstić information content (AvgIpc) is 2.52. The fourth-order valence-corrected chi connectivity index (χ4v) is 2.09. The number of amides is 1. The maximum atomic E-state index is 11.8. The van der Waals surface area contributed by atoms with Crippen molar-refractivity contribution in [2.45, 2.75) is 12.5 Å². The summed E-state index contributed by atoms with van der Waals surface area (Å²) in [5.74, 6) is -1.10. The Kier molecular flexibility index (Phi) is 5.70. The first-order valence-electron chi connectivity index (χ1n) is 6.98. The first-order chi connectivity index (χ1) is 10.6. The summed E-state index contributed by atoms with van der Waals surface area (Å²) >= 11 is 0. The first-order valence-corrected chi connectivity index (χ1v) is 6.98. The number of nitrogens with one attached hydrogen (secondary N) is 1. The van der Waals surface area contributed by atoms with Crippen LogP contribution in [-0.4, -0.2) is 64.6 Å². The Morgan fingerprint density at radius 2 is 1.82 bits per heavy atom. The number of hydrogen-bond acceptors (Lipinski definition) is 6. The number of aliphatic carboxylic acids is 1. The van der Waals surface area contributed by atoms with E-state index in [0.29, 0.717) is 26.2 Å². The third-order valence-electron chi connectivity index (χ3n) is 3.38. The lowest BCUT2D eigenvalue weighted by molar-refractivity contribution is -0.142. The van der Waals surface area contributed by atoms with E-state index in [1.54, 1.807) is 12.1 Å². The summed E-state index contributed by atoms with van der Waals surface area (Å²) in [6, 6.07) is 8.06. The number of hydrogen-bond donors (Lipinski definition) is 3. The van der Waals surface area contributed by atoms with Crippen LogP contribution in [0, 0.1) is 0 Å². The van der Waals surface area contributed by atoms with Gasteiger partial charge in [0.05, 0.1) is 0 Å². The zero-order valence-corrected chi connectivity index (χ0v) is 12.0. The van der Waals surface area contributed by atoms with Gasteiger partial charge in [0.2, 0.25) is 0 Å². The molecular formula is C14H19N3O5. The van der Waals surface area contributed by atoms with Crippen LogP contribution in [0.3, 0.4) is 0 Å². The number of carboxylic acid groups (broad SMARTS) is 1. The van der Waals surface area contributed by atoms with E-state index in [0.717, 1.165) is 10.6 Å². The molecule has 1 aliphatic heterocycles. The number of hydroxylamine groups is 3. The summed E-state index contributed by atoms with van der Waals surface area (Å²) in [6.07, 6.45) is -0.444. The molecule has 1 aliphatic rings. The predicted molar refractivity (Wildman–Crippen MR) is 76.1 cm³/mol. The van der Waals surface area contributed by atoms with E-state index in [1.807, 2.05) is 18.2 Å². The van der Waals surface area contributed by atoms with Crippen LogP contribution in [0.5, 0.6) is 0 Å². The third kappa shape index (κ3) is 4.69. The lowest BCUT2D eigenvalue weighted by Crippen LogP contribution is -2.50. The molecule has 1 amide bonds. The summed E-state index contributed by atoms with van der Waals surface area (Å²) in [6.45, 7) is 1.32. The zero-order valence-electron chi connectivity index (χ0n) is 12.0. The van der Waals surface area contributed by atoms with E-state index in [4.69, 9.17) is 4.84 Å². The topological polar surface area (TPSA) is 102 Å². The molecule has 1 atom stereocenters. The molecule has 0 aliphatic carbocycles. The van der Waals surface area contributed by atoms with E-state index in [2.05, 4.69) is 5.48 Å². The van der Waals surface area contributed by atoms with E-state index >= 15 is 0 Å². The summed E-state index contributed by atoms with van der Waals surface area (Å²) in [7, 11) is 0. The molecule has 22 heavy (non-hydrogen) atoms. The van der Waals surface area contributed by atoms with Gasteiger partial charge in [-0.3, -0.25) is 4.79 Å². The summed E-state index contributed by atoms with van der Waals surface area (Å²) < 4.78 is 0. The highest BCUT2D eigenvalue weighted by molar-refractivity contribution is 5.74. The van der Waals surface area contributed by atoms with Gasteiger partial charge in [0.25, 0.3) is 0 Å². The maximum absolute atomic E-state index is 11.8. The van der Waals surface area contributed by atoms with Gasteiger partial charge in [-0.15, -0.1) is 5.48 Å². The number of carbonyl (C=O) groups excluding carboxylic acids is 1. The Hall–Kier alpha value is -2.16. The Morgan fingerprint density at radius 3 is 2.41 bits per heavy atom. The first kappa shape index (κ1) is 16.2. The second kappa shape index (κ2) is 7.74. The van der Waals surface area contributed by atoms with Crippen LogP contribution in [-0.2, 0) is 16.1 Å². The molecule has 0 spiro atoms. The number of carbonyl (C=O) groups is 2. The minimum Gasteiger partial charge on any atom is -0.480 e. The molecule has 1 aromatic carbocycles. The van der Waals surface area contributed by atoms with Crippen molar-refractivity contribution in [2.75, 3.05) is 26.2 Å². The number of carboxylic acids is 1. The van der Waals surface area contributed by atoms with Crippen LogP contribution in [0.2, 0.25) is 0 Å². The fourth-order valence-electron chi connectivity index (χ4n) is 2.09. The van der Waals surface area contributed by atoms with Gasteiger partial charge in [-0.1, -0.05) is 30.3 Å². The maximum Gasteiger partial charge on any atom is 0.428 e. The highest BCUT2D eigenvalue weighted by Crippen LogP contribution is 2.05. The van der Waals surface area contributed by atoms with Crippen molar-refractivity contribution < 1.29 is 24.7 Å². The van der Waals surface area contributed by atoms with Crippen molar-refractivity contribution in [3.05, 3.63) is 35.9 Å². The van der Waals surface area contributed by atoms with E-state index in [1.165, 1.54) is 4.90 Å². The van der Waals surface area contributed by atoms with Crippen molar-refractivity contribution >= 4 is 12.1 Å². The lowest BCUT2D eigenvalue weighted by Gasteiger charge is -2.30. The normalized spacial score (nSPS) is 17.0. The average molecular weight is 309 g/mol. The van der Waals surface area contributed by atoms with Crippen molar-refractivity contribution in [1.82, 2.24) is 15.4 Å². The summed E-state index contributed by atoms with van der Waals surface area (Å²) in [5.41, 5.74) is 3.14.